The van der Waals surface area contributed by atoms with Crippen LogP contribution in [0.15, 0.2) is 24.3 Å². The highest BCUT2D eigenvalue weighted by Gasteiger charge is 2.40. The molecule has 1 aromatic carbocycles. The molecule has 0 saturated carbocycles. The SMILES string of the molecule is COc1ccc(CC(=O)N2CCC(O)(C(=O)O)CC2)cc1. The van der Waals surface area contributed by atoms with Crippen molar-refractivity contribution < 1.29 is 24.5 Å². The average molecular weight is 293 g/mol. The first-order chi connectivity index (χ1) is 9.94. The largest absolute Gasteiger partial charge is 0.497 e. The number of carboxylic acid groups (broad SMARTS) is 1. The minimum absolute atomic E-state index is 0.0624. The van der Waals surface area contributed by atoms with Crippen molar-refractivity contribution in [3.05, 3.63) is 29.8 Å². The second-order valence-corrected chi connectivity index (χ2v) is 5.24. The van der Waals surface area contributed by atoms with Crippen LogP contribution in [0.5, 0.6) is 5.75 Å². The van der Waals surface area contributed by atoms with Gasteiger partial charge in [-0.25, -0.2) is 4.79 Å². The number of rotatable bonds is 4. The molecule has 0 unspecified atom stereocenters. The smallest absolute Gasteiger partial charge is 0.335 e. The molecule has 1 heterocycles. The normalized spacial score (nSPS) is 17.3. The molecule has 1 saturated heterocycles. The number of carbonyl (C=O) groups excluding carboxylic acids is 1. The van der Waals surface area contributed by atoms with Crippen LogP contribution in [0, 0.1) is 0 Å². The van der Waals surface area contributed by atoms with Gasteiger partial charge >= 0.3 is 5.97 Å². The zero-order chi connectivity index (χ0) is 15.5. The summed E-state index contributed by atoms with van der Waals surface area (Å²) in [6.07, 6.45) is 0.392. The number of methoxy groups -OCH3 is 1. The predicted octanol–water partition coefficient (Wildman–Crippen LogP) is 0.676. The number of hydrogen-bond acceptors (Lipinski definition) is 4. The highest BCUT2D eigenvalue weighted by molar-refractivity contribution is 5.80. The van der Waals surface area contributed by atoms with Crippen LogP contribution in [-0.2, 0) is 16.0 Å². The maximum atomic E-state index is 12.2. The number of hydrogen-bond donors (Lipinski definition) is 2. The van der Waals surface area contributed by atoms with E-state index in [-0.39, 0.29) is 38.3 Å². The van der Waals surface area contributed by atoms with Crippen molar-refractivity contribution in [2.45, 2.75) is 24.9 Å². The number of amides is 1. The van der Waals surface area contributed by atoms with Gasteiger partial charge in [0.2, 0.25) is 5.91 Å². The Morgan fingerprint density at radius 1 is 1.24 bits per heavy atom. The lowest BCUT2D eigenvalue weighted by atomic mass is 9.91. The van der Waals surface area contributed by atoms with Gasteiger partial charge in [0.1, 0.15) is 5.75 Å². The number of carboxylic acids is 1. The van der Waals surface area contributed by atoms with Crippen LogP contribution in [0.3, 0.4) is 0 Å². The minimum atomic E-state index is -1.70. The summed E-state index contributed by atoms with van der Waals surface area (Å²) >= 11 is 0. The summed E-state index contributed by atoms with van der Waals surface area (Å²) in [5, 5.41) is 18.8. The van der Waals surface area contributed by atoms with Gasteiger partial charge in [0.25, 0.3) is 0 Å². The Bertz CT molecular complexity index is 517. The molecule has 2 rings (SSSR count). The molecule has 21 heavy (non-hydrogen) atoms. The number of aliphatic carboxylic acids is 1. The summed E-state index contributed by atoms with van der Waals surface area (Å²) in [6, 6.07) is 7.24. The third-order valence-corrected chi connectivity index (χ3v) is 3.86. The van der Waals surface area contributed by atoms with E-state index < -0.39 is 11.6 Å². The first-order valence-electron chi connectivity index (χ1n) is 6.81. The molecule has 6 nitrogen and oxygen atoms in total. The van der Waals surface area contributed by atoms with Crippen molar-refractivity contribution in [2.75, 3.05) is 20.2 Å². The first-order valence-corrected chi connectivity index (χ1v) is 6.81. The third kappa shape index (κ3) is 3.52. The lowest BCUT2D eigenvalue weighted by Gasteiger charge is -2.35. The van der Waals surface area contributed by atoms with Crippen LogP contribution < -0.4 is 4.74 Å². The van der Waals surface area contributed by atoms with Crippen LogP contribution in [0.25, 0.3) is 0 Å². The lowest BCUT2D eigenvalue weighted by molar-refractivity contribution is -0.165. The fraction of sp³-hybridized carbons (Fsp3) is 0.467. The van der Waals surface area contributed by atoms with E-state index in [4.69, 9.17) is 9.84 Å². The second-order valence-electron chi connectivity index (χ2n) is 5.24. The van der Waals surface area contributed by atoms with Crippen molar-refractivity contribution >= 4 is 11.9 Å². The standard InChI is InChI=1S/C15H19NO5/c1-21-12-4-2-11(3-5-12)10-13(17)16-8-6-15(20,7-9-16)14(18)19/h2-5,20H,6-10H2,1H3,(H,18,19). The van der Waals surface area contributed by atoms with E-state index in [1.54, 1.807) is 24.1 Å². The van der Waals surface area contributed by atoms with Crippen LogP contribution in [0.1, 0.15) is 18.4 Å². The predicted molar refractivity (Wildman–Crippen MR) is 75.1 cm³/mol. The molecule has 1 aromatic rings. The molecule has 1 aliphatic rings. The van der Waals surface area contributed by atoms with Gasteiger partial charge in [0, 0.05) is 25.9 Å². The van der Waals surface area contributed by atoms with E-state index in [2.05, 4.69) is 0 Å². The lowest BCUT2D eigenvalue weighted by Crippen LogP contribution is -2.51. The van der Waals surface area contributed by atoms with Crippen molar-refractivity contribution in [2.24, 2.45) is 0 Å². The summed E-state index contributed by atoms with van der Waals surface area (Å²) in [6.45, 7) is 0.523. The monoisotopic (exact) mass is 293 g/mol. The van der Waals surface area contributed by atoms with Gasteiger partial charge in [0.15, 0.2) is 5.60 Å². The molecule has 0 radical (unpaired) electrons. The van der Waals surface area contributed by atoms with Crippen molar-refractivity contribution in [1.29, 1.82) is 0 Å². The van der Waals surface area contributed by atoms with Crippen molar-refractivity contribution in [3.8, 4) is 5.75 Å². The number of piperidine rings is 1. The van der Waals surface area contributed by atoms with Crippen LogP contribution in [-0.4, -0.2) is 52.8 Å². The molecule has 1 aliphatic heterocycles. The van der Waals surface area contributed by atoms with Crippen molar-refractivity contribution in [1.82, 2.24) is 4.90 Å². The number of ether oxygens (including phenoxy) is 1. The highest BCUT2D eigenvalue weighted by Crippen LogP contribution is 2.23. The van der Waals surface area contributed by atoms with Gasteiger partial charge in [-0.15, -0.1) is 0 Å². The van der Waals surface area contributed by atoms with E-state index in [0.29, 0.717) is 0 Å². The topological polar surface area (TPSA) is 87.1 Å². The third-order valence-electron chi connectivity index (χ3n) is 3.86. The van der Waals surface area contributed by atoms with Gasteiger partial charge < -0.3 is 19.8 Å². The van der Waals surface area contributed by atoms with E-state index in [1.165, 1.54) is 0 Å². The van der Waals surface area contributed by atoms with Crippen LogP contribution in [0.4, 0.5) is 0 Å². The quantitative estimate of drug-likeness (QED) is 0.852. The Kier molecular flexibility index (Phi) is 4.47. The molecule has 1 amide bonds. The number of nitrogens with zero attached hydrogens (tertiary/aromatic N) is 1. The van der Waals surface area contributed by atoms with E-state index >= 15 is 0 Å². The highest BCUT2D eigenvalue weighted by atomic mass is 16.5. The molecule has 114 valence electrons. The molecular weight excluding hydrogens is 274 g/mol. The van der Waals surface area contributed by atoms with Crippen LogP contribution in [0.2, 0.25) is 0 Å². The Morgan fingerprint density at radius 2 is 1.81 bits per heavy atom. The molecule has 0 bridgehead atoms. The summed E-state index contributed by atoms with van der Waals surface area (Å²) in [4.78, 5) is 24.7. The van der Waals surface area contributed by atoms with Gasteiger partial charge in [-0.1, -0.05) is 12.1 Å². The molecule has 2 N–H and O–H groups in total. The Hall–Kier alpha value is -2.08. The summed E-state index contributed by atoms with van der Waals surface area (Å²) in [5.74, 6) is -0.548. The van der Waals surface area contributed by atoms with Crippen molar-refractivity contribution in [3.63, 3.8) is 0 Å². The zero-order valence-corrected chi connectivity index (χ0v) is 11.9. The summed E-state index contributed by atoms with van der Waals surface area (Å²) < 4.78 is 5.06. The summed E-state index contributed by atoms with van der Waals surface area (Å²) in [5.41, 5.74) is -0.823. The van der Waals surface area contributed by atoms with Gasteiger partial charge in [-0.2, -0.15) is 0 Å². The van der Waals surface area contributed by atoms with Gasteiger partial charge in [-0.05, 0) is 17.7 Å². The molecule has 0 spiro atoms. The molecule has 1 fully saturated rings. The Balaban J connectivity index is 1.91. The van der Waals surface area contributed by atoms with E-state index in [1.807, 2.05) is 12.1 Å². The number of aliphatic hydroxyl groups is 1. The number of carbonyl (C=O) groups is 2. The fourth-order valence-electron chi connectivity index (χ4n) is 2.37. The van der Waals surface area contributed by atoms with Gasteiger partial charge in [-0.3, -0.25) is 4.79 Å². The van der Waals surface area contributed by atoms with E-state index in [9.17, 15) is 14.7 Å². The molecule has 0 atom stereocenters. The maximum absolute atomic E-state index is 12.2. The molecular formula is C15H19NO5. The maximum Gasteiger partial charge on any atom is 0.335 e. The van der Waals surface area contributed by atoms with Gasteiger partial charge in [0.05, 0.1) is 13.5 Å². The molecule has 6 heteroatoms. The summed E-state index contributed by atoms with van der Waals surface area (Å²) in [7, 11) is 1.58. The van der Waals surface area contributed by atoms with E-state index in [0.717, 1.165) is 11.3 Å². The molecule has 0 aromatic heterocycles. The minimum Gasteiger partial charge on any atom is -0.497 e. The molecule has 0 aliphatic carbocycles. The number of benzene rings is 1. The first kappa shape index (κ1) is 15.3. The second kappa shape index (κ2) is 6.13. The van der Waals surface area contributed by atoms with Crippen LogP contribution >= 0.6 is 0 Å². The number of likely N-dealkylation sites (tertiary alicyclic amines) is 1. The Morgan fingerprint density at radius 3 is 2.29 bits per heavy atom. The Labute approximate surface area is 122 Å². The average Bonchev–Trinajstić information content (AvgIpc) is 2.48. The zero-order valence-electron chi connectivity index (χ0n) is 11.9. The fourth-order valence-corrected chi connectivity index (χ4v) is 2.37.